The molecule has 2 fully saturated rings. The van der Waals surface area contributed by atoms with E-state index in [4.69, 9.17) is 4.74 Å². The molecule has 1 aromatic rings. The van der Waals surface area contributed by atoms with Crippen LogP contribution in [0.5, 0.6) is 5.75 Å². The van der Waals surface area contributed by atoms with Crippen molar-refractivity contribution in [2.75, 3.05) is 6.54 Å². The standard InChI is InChI=1S/C21H28N2O5/c1-20(2,3)16(22-19(27)28-12-9-7-6-8-10-12)17(24)23-11-13-14(21(13,4)5)15(23)18(25)26/h6-10,13-16H,11H2,1-5H3,(H,22,27)(H,25,26)/t13-,14-,15-,16?/m0/s1. The van der Waals surface area contributed by atoms with E-state index in [2.05, 4.69) is 5.32 Å². The van der Waals surface area contributed by atoms with E-state index in [1.807, 2.05) is 34.6 Å². The van der Waals surface area contributed by atoms with Gasteiger partial charge in [0.15, 0.2) is 0 Å². The zero-order valence-electron chi connectivity index (χ0n) is 16.9. The van der Waals surface area contributed by atoms with Gasteiger partial charge in [0.25, 0.3) is 0 Å². The van der Waals surface area contributed by atoms with Crippen LogP contribution in [0.3, 0.4) is 0 Å². The molecule has 2 aliphatic rings. The van der Waals surface area contributed by atoms with Crippen LogP contribution in [-0.4, -0.2) is 46.6 Å². The van der Waals surface area contributed by atoms with Crippen LogP contribution in [0.2, 0.25) is 0 Å². The van der Waals surface area contributed by atoms with Crippen molar-refractivity contribution in [3.63, 3.8) is 0 Å². The molecule has 3 rings (SSSR count). The van der Waals surface area contributed by atoms with Crippen molar-refractivity contribution < 1.29 is 24.2 Å². The molecule has 0 aromatic heterocycles. The second-order valence-electron chi connectivity index (χ2n) is 9.37. The van der Waals surface area contributed by atoms with E-state index < -0.39 is 29.6 Å². The van der Waals surface area contributed by atoms with Gasteiger partial charge in [0, 0.05) is 12.5 Å². The van der Waals surface area contributed by atoms with Gasteiger partial charge < -0.3 is 20.1 Å². The summed E-state index contributed by atoms with van der Waals surface area (Å²) in [6.45, 7) is 9.96. The maximum atomic E-state index is 13.3. The van der Waals surface area contributed by atoms with E-state index in [1.165, 1.54) is 4.90 Å². The lowest BCUT2D eigenvalue weighted by atomic mass is 9.85. The third kappa shape index (κ3) is 3.57. The van der Waals surface area contributed by atoms with Crippen LogP contribution in [0.1, 0.15) is 34.6 Å². The fraction of sp³-hybridized carbons (Fsp3) is 0.571. The number of carbonyl (C=O) groups excluding carboxylic acids is 2. The molecule has 4 atom stereocenters. The lowest BCUT2D eigenvalue weighted by molar-refractivity contribution is -0.152. The average Bonchev–Trinajstić information content (AvgIpc) is 2.95. The fourth-order valence-corrected chi connectivity index (χ4v) is 4.35. The molecule has 1 saturated heterocycles. The monoisotopic (exact) mass is 388 g/mol. The summed E-state index contributed by atoms with van der Waals surface area (Å²) >= 11 is 0. The predicted molar refractivity (Wildman–Crippen MR) is 103 cm³/mol. The second kappa shape index (κ2) is 6.79. The highest BCUT2D eigenvalue weighted by atomic mass is 16.6. The third-order valence-corrected chi connectivity index (χ3v) is 6.07. The number of hydrogen-bond donors (Lipinski definition) is 2. The first-order chi connectivity index (χ1) is 12.9. The number of para-hydroxylation sites is 1. The molecule has 7 nitrogen and oxygen atoms in total. The molecule has 2 N–H and O–H groups in total. The molecular formula is C21H28N2O5. The third-order valence-electron chi connectivity index (χ3n) is 6.07. The Labute approximate surface area is 165 Å². The molecule has 1 saturated carbocycles. The van der Waals surface area contributed by atoms with Crippen molar-refractivity contribution in [1.82, 2.24) is 10.2 Å². The number of carboxylic acid groups (broad SMARTS) is 1. The van der Waals surface area contributed by atoms with Crippen molar-refractivity contribution >= 4 is 18.0 Å². The Morgan fingerprint density at radius 3 is 2.36 bits per heavy atom. The van der Waals surface area contributed by atoms with Crippen molar-refractivity contribution in [3.8, 4) is 5.75 Å². The van der Waals surface area contributed by atoms with Crippen LogP contribution in [0, 0.1) is 22.7 Å². The minimum Gasteiger partial charge on any atom is -0.480 e. The van der Waals surface area contributed by atoms with Gasteiger partial charge in [0.1, 0.15) is 17.8 Å². The molecule has 0 radical (unpaired) electrons. The first-order valence-electron chi connectivity index (χ1n) is 9.51. The molecule has 1 aliphatic heterocycles. The number of carbonyl (C=O) groups is 3. The summed E-state index contributed by atoms with van der Waals surface area (Å²) in [5.74, 6) is -0.883. The van der Waals surface area contributed by atoms with Crippen LogP contribution in [0.4, 0.5) is 4.79 Å². The van der Waals surface area contributed by atoms with Gasteiger partial charge in [-0.25, -0.2) is 9.59 Å². The Morgan fingerprint density at radius 2 is 1.82 bits per heavy atom. The Balaban J connectivity index is 1.76. The van der Waals surface area contributed by atoms with Crippen LogP contribution < -0.4 is 10.1 Å². The number of amides is 2. The lowest BCUT2D eigenvalue weighted by Gasteiger charge is -2.36. The van der Waals surface area contributed by atoms with Crippen LogP contribution >= 0.6 is 0 Å². The van der Waals surface area contributed by atoms with Gasteiger partial charge in [-0.3, -0.25) is 4.79 Å². The Morgan fingerprint density at radius 1 is 1.21 bits per heavy atom. The average molecular weight is 388 g/mol. The molecule has 28 heavy (non-hydrogen) atoms. The number of piperidine rings is 1. The number of aliphatic carboxylic acids is 1. The Bertz CT molecular complexity index is 784. The van der Waals surface area contributed by atoms with Gasteiger partial charge in [-0.05, 0) is 28.9 Å². The lowest BCUT2D eigenvalue weighted by Crippen LogP contribution is -2.58. The molecule has 152 valence electrons. The summed E-state index contributed by atoms with van der Waals surface area (Å²) in [6, 6.07) is 6.82. The predicted octanol–water partition coefficient (Wildman–Crippen LogP) is 2.76. The van der Waals surface area contributed by atoms with Crippen LogP contribution in [0.15, 0.2) is 30.3 Å². The van der Waals surface area contributed by atoms with Crippen molar-refractivity contribution in [3.05, 3.63) is 30.3 Å². The number of nitrogens with zero attached hydrogens (tertiary/aromatic N) is 1. The number of nitrogens with one attached hydrogen (secondary N) is 1. The number of rotatable bonds is 4. The highest BCUT2D eigenvalue weighted by Crippen LogP contribution is 2.65. The Hall–Kier alpha value is -2.57. The molecule has 1 aromatic carbocycles. The summed E-state index contributed by atoms with van der Waals surface area (Å²) in [4.78, 5) is 38.9. The van der Waals surface area contributed by atoms with Gasteiger partial charge in [0.2, 0.25) is 5.91 Å². The van der Waals surface area contributed by atoms with E-state index in [9.17, 15) is 19.5 Å². The number of benzene rings is 1. The summed E-state index contributed by atoms with van der Waals surface area (Å²) < 4.78 is 5.25. The minimum atomic E-state index is -0.994. The van der Waals surface area contributed by atoms with Gasteiger partial charge in [-0.2, -0.15) is 0 Å². The SMILES string of the molecule is CC(C)(C)C(NC(=O)Oc1ccccc1)C(=O)N1C[C@H]2[C@@H]([C@H]1C(=O)O)C2(C)C. The van der Waals surface area contributed by atoms with E-state index in [-0.39, 0.29) is 23.2 Å². The van der Waals surface area contributed by atoms with E-state index in [0.717, 1.165) is 0 Å². The minimum absolute atomic E-state index is 0.0501. The molecule has 1 heterocycles. The molecular weight excluding hydrogens is 360 g/mol. The quantitative estimate of drug-likeness (QED) is 0.827. The molecule has 0 bridgehead atoms. The van der Waals surface area contributed by atoms with Gasteiger partial charge in [0.05, 0.1) is 0 Å². The summed E-state index contributed by atoms with van der Waals surface area (Å²) in [6.07, 6.45) is -0.740. The second-order valence-corrected chi connectivity index (χ2v) is 9.37. The van der Waals surface area contributed by atoms with Crippen molar-refractivity contribution in [2.45, 2.75) is 46.7 Å². The molecule has 1 aliphatic carbocycles. The zero-order valence-corrected chi connectivity index (χ0v) is 16.9. The van der Waals surface area contributed by atoms with Crippen LogP contribution in [0.25, 0.3) is 0 Å². The van der Waals surface area contributed by atoms with Gasteiger partial charge in [-0.1, -0.05) is 52.8 Å². The molecule has 1 unspecified atom stereocenters. The maximum absolute atomic E-state index is 13.3. The fourth-order valence-electron chi connectivity index (χ4n) is 4.35. The number of likely N-dealkylation sites (tertiary alicyclic amines) is 1. The van der Waals surface area contributed by atoms with Crippen LogP contribution in [-0.2, 0) is 9.59 Å². The highest BCUT2D eigenvalue weighted by Gasteiger charge is 2.70. The largest absolute Gasteiger partial charge is 0.480 e. The number of hydrogen-bond acceptors (Lipinski definition) is 4. The smallest absolute Gasteiger partial charge is 0.413 e. The highest BCUT2D eigenvalue weighted by molar-refractivity contribution is 5.91. The Kier molecular flexibility index (Phi) is 4.89. The van der Waals surface area contributed by atoms with Crippen molar-refractivity contribution in [1.29, 1.82) is 0 Å². The van der Waals surface area contributed by atoms with Gasteiger partial charge in [-0.15, -0.1) is 0 Å². The summed E-state index contributed by atoms with van der Waals surface area (Å²) in [7, 11) is 0. The molecule has 7 heteroatoms. The van der Waals surface area contributed by atoms with Crippen molar-refractivity contribution in [2.24, 2.45) is 22.7 Å². The number of fused-ring (bicyclic) bond motifs is 1. The van der Waals surface area contributed by atoms with E-state index in [0.29, 0.717) is 12.3 Å². The molecule has 0 spiro atoms. The number of carboxylic acids is 1. The van der Waals surface area contributed by atoms with E-state index in [1.54, 1.807) is 30.3 Å². The summed E-state index contributed by atoms with van der Waals surface area (Å²) in [5.41, 5.74) is -0.686. The normalized spacial score (nSPS) is 26.2. The first kappa shape index (κ1) is 20.2. The number of ether oxygens (including phenoxy) is 1. The topological polar surface area (TPSA) is 95.9 Å². The van der Waals surface area contributed by atoms with E-state index >= 15 is 0 Å². The zero-order chi connectivity index (χ0) is 20.9. The summed E-state index contributed by atoms with van der Waals surface area (Å²) in [5, 5.41) is 12.4. The molecule has 2 amide bonds. The first-order valence-corrected chi connectivity index (χ1v) is 9.51. The maximum Gasteiger partial charge on any atom is 0.413 e. The van der Waals surface area contributed by atoms with Gasteiger partial charge >= 0.3 is 12.1 Å².